The molecule has 0 bridgehead atoms. The number of methoxy groups -OCH3 is 1. The molecule has 0 aliphatic heterocycles. The Balaban J connectivity index is 2.50. The topological polar surface area (TPSA) is 47.0 Å². The molecule has 0 unspecified atom stereocenters. The van der Waals surface area contributed by atoms with Crippen LogP contribution in [-0.4, -0.2) is 23.6 Å². The summed E-state index contributed by atoms with van der Waals surface area (Å²) in [6, 6.07) is 0. The fourth-order valence-electron chi connectivity index (χ4n) is 1.38. The normalized spacial score (nSPS) is 10.6. The summed E-state index contributed by atoms with van der Waals surface area (Å²) in [6.07, 6.45) is 3.71. The average molecular weight is 244 g/mol. The van der Waals surface area contributed by atoms with Crippen molar-refractivity contribution in [2.75, 3.05) is 19.0 Å². The van der Waals surface area contributed by atoms with E-state index in [0.29, 0.717) is 16.7 Å². The third-order valence-electron chi connectivity index (χ3n) is 2.22. The Bertz CT molecular complexity index is 331. The summed E-state index contributed by atoms with van der Waals surface area (Å²) in [4.78, 5) is 7.95. The van der Waals surface area contributed by atoms with Gasteiger partial charge in [0.2, 0.25) is 0 Å². The molecule has 1 aromatic heterocycles. The first-order valence-electron chi connectivity index (χ1n) is 5.43. The van der Waals surface area contributed by atoms with Gasteiger partial charge in [-0.2, -0.15) is 0 Å². The summed E-state index contributed by atoms with van der Waals surface area (Å²) in [5.41, 5.74) is 0. The second kappa shape index (κ2) is 6.53. The van der Waals surface area contributed by atoms with Gasteiger partial charge in [0.15, 0.2) is 16.7 Å². The van der Waals surface area contributed by atoms with Crippen molar-refractivity contribution in [1.82, 2.24) is 9.97 Å². The minimum atomic E-state index is 0.337. The maximum atomic E-state index is 5.88. The van der Waals surface area contributed by atoms with Gasteiger partial charge in [0.1, 0.15) is 6.33 Å². The second-order valence-corrected chi connectivity index (χ2v) is 4.37. The van der Waals surface area contributed by atoms with E-state index in [1.54, 1.807) is 7.11 Å². The van der Waals surface area contributed by atoms with Crippen molar-refractivity contribution in [2.45, 2.75) is 26.7 Å². The van der Waals surface area contributed by atoms with E-state index in [-0.39, 0.29) is 0 Å². The van der Waals surface area contributed by atoms with Crippen LogP contribution in [0.4, 0.5) is 5.82 Å². The zero-order valence-corrected chi connectivity index (χ0v) is 10.7. The molecule has 0 fully saturated rings. The molecule has 5 heteroatoms. The highest BCUT2D eigenvalue weighted by molar-refractivity contribution is 6.31. The smallest absolute Gasteiger partial charge is 0.198 e. The van der Waals surface area contributed by atoms with Crippen LogP contribution in [0.5, 0.6) is 5.75 Å². The molecule has 0 aliphatic carbocycles. The van der Waals surface area contributed by atoms with E-state index in [9.17, 15) is 0 Å². The molecule has 0 radical (unpaired) electrons. The average Bonchev–Trinajstić information content (AvgIpc) is 2.24. The standard InChI is InChI=1S/C11H18ClN3O/c1-8(2)5-4-6-13-11-9(16-3)10(12)14-7-15-11/h7-8H,4-6H2,1-3H3,(H,13,14,15). The summed E-state index contributed by atoms with van der Waals surface area (Å²) >= 11 is 5.88. The molecule has 90 valence electrons. The molecule has 1 rings (SSSR count). The Kier molecular flexibility index (Phi) is 5.32. The van der Waals surface area contributed by atoms with Gasteiger partial charge in [-0.15, -0.1) is 0 Å². The third kappa shape index (κ3) is 3.85. The van der Waals surface area contributed by atoms with Gasteiger partial charge in [0.05, 0.1) is 7.11 Å². The zero-order valence-electron chi connectivity index (χ0n) is 9.96. The van der Waals surface area contributed by atoms with Gasteiger partial charge in [-0.05, 0) is 18.8 Å². The summed E-state index contributed by atoms with van der Waals surface area (Å²) in [5, 5.41) is 3.54. The number of nitrogens with zero attached hydrogens (tertiary/aromatic N) is 2. The second-order valence-electron chi connectivity index (χ2n) is 4.01. The Morgan fingerprint density at radius 2 is 2.19 bits per heavy atom. The van der Waals surface area contributed by atoms with E-state index in [2.05, 4.69) is 29.1 Å². The van der Waals surface area contributed by atoms with Crippen LogP contribution < -0.4 is 10.1 Å². The lowest BCUT2D eigenvalue weighted by atomic mass is 10.1. The number of ether oxygens (including phenoxy) is 1. The molecular formula is C11H18ClN3O. The van der Waals surface area contributed by atoms with Gasteiger partial charge >= 0.3 is 0 Å². The number of hydrogen-bond acceptors (Lipinski definition) is 4. The van der Waals surface area contributed by atoms with Crippen molar-refractivity contribution in [3.63, 3.8) is 0 Å². The van der Waals surface area contributed by atoms with Crippen LogP contribution in [0, 0.1) is 5.92 Å². The van der Waals surface area contributed by atoms with Crippen LogP contribution in [0.25, 0.3) is 0 Å². The maximum Gasteiger partial charge on any atom is 0.198 e. The molecule has 0 spiro atoms. The van der Waals surface area contributed by atoms with E-state index in [4.69, 9.17) is 16.3 Å². The largest absolute Gasteiger partial charge is 0.490 e. The maximum absolute atomic E-state index is 5.88. The molecule has 1 heterocycles. The fourth-order valence-corrected chi connectivity index (χ4v) is 1.59. The molecule has 0 atom stereocenters. The number of anilines is 1. The first-order valence-corrected chi connectivity index (χ1v) is 5.81. The van der Waals surface area contributed by atoms with Crippen molar-refractivity contribution in [1.29, 1.82) is 0 Å². The Morgan fingerprint density at radius 1 is 1.44 bits per heavy atom. The number of rotatable bonds is 6. The van der Waals surface area contributed by atoms with Gasteiger partial charge in [0.25, 0.3) is 0 Å². The van der Waals surface area contributed by atoms with Crippen LogP contribution in [-0.2, 0) is 0 Å². The zero-order chi connectivity index (χ0) is 12.0. The molecule has 0 aliphatic rings. The molecule has 1 aromatic rings. The Labute approximate surface area is 101 Å². The molecule has 0 saturated heterocycles. The fraction of sp³-hybridized carbons (Fsp3) is 0.636. The van der Waals surface area contributed by atoms with Crippen LogP contribution >= 0.6 is 11.6 Å². The first-order chi connectivity index (χ1) is 7.65. The number of aromatic nitrogens is 2. The lowest BCUT2D eigenvalue weighted by Crippen LogP contribution is -2.06. The molecule has 0 saturated carbocycles. The Hall–Kier alpha value is -1.03. The van der Waals surface area contributed by atoms with Gasteiger partial charge in [-0.1, -0.05) is 25.4 Å². The molecular weight excluding hydrogens is 226 g/mol. The molecule has 1 N–H and O–H groups in total. The van der Waals surface area contributed by atoms with Crippen molar-refractivity contribution < 1.29 is 4.74 Å². The van der Waals surface area contributed by atoms with Gasteiger partial charge in [-0.25, -0.2) is 9.97 Å². The third-order valence-corrected chi connectivity index (χ3v) is 2.48. The molecule has 0 amide bonds. The number of hydrogen-bond donors (Lipinski definition) is 1. The quantitative estimate of drug-likeness (QED) is 0.616. The van der Waals surface area contributed by atoms with Gasteiger partial charge in [-0.3, -0.25) is 0 Å². The predicted octanol–water partition coefficient (Wildman–Crippen LogP) is 2.99. The SMILES string of the molecule is COc1c(Cl)ncnc1NCCCC(C)C. The van der Waals surface area contributed by atoms with Crippen LogP contribution in [0.2, 0.25) is 5.15 Å². The van der Waals surface area contributed by atoms with E-state index < -0.39 is 0 Å². The number of nitrogens with one attached hydrogen (secondary N) is 1. The highest BCUT2D eigenvalue weighted by Gasteiger charge is 2.09. The van der Waals surface area contributed by atoms with Crippen molar-refractivity contribution in [3.05, 3.63) is 11.5 Å². The molecule has 4 nitrogen and oxygen atoms in total. The lowest BCUT2D eigenvalue weighted by molar-refractivity contribution is 0.413. The minimum absolute atomic E-state index is 0.337. The molecule has 0 aromatic carbocycles. The van der Waals surface area contributed by atoms with E-state index in [0.717, 1.165) is 18.9 Å². The first kappa shape index (κ1) is 13.0. The van der Waals surface area contributed by atoms with Gasteiger partial charge < -0.3 is 10.1 Å². The summed E-state index contributed by atoms with van der Waals surface area (Å²) < 4.78 is 5.13. The summed E-state index contributed by atoms with van der Waals surface area (Å²) in [5.74, 6) is 1.89. The van der Waals surface area contributed by atoms with Gasteiger partial charge in [0, 0.05) is 6.54 Å². The summed E-state index contributed by atoms with van der Waals surface area (Å²) in [7, 11) is 1.56. The van der Waals surface area contributed by atoms with Crippen LogP contribution in [0.15, 0.2) is 6.33 Å². The molecule has 16 heavy (non-hydrogen) atoms. The minimum Gasteiger partial charge on any atom is -0.490 e. The predicted molar refractivity (Wildman–Crippen MR) is 66.2 cm³/mol. The monoisotopic (exact) mass is 243 g/mol. The Morgan fingerprint density at radius 3 is 2.81 bits per heavy atom. The van der Waals surface area contributed by atoms with E-state index in [1.807, 2.05) is 0 Å². The van der Waals surface area contributed by atoms with Crippen LogP contribution in [0.1, 0.15) is 26.7 Å². The summed E-state index contributed by atoms with van der Waals surface area (Å²) in [6.45, 7) is 5.28. The van der Waals surface area contributed by atoms with E-state index in [1.165, 1.54) is 12.7 Å². The lowest BCUT2D eigenvalue weighted by Gasteiger charge is -2.10. The highest BCUT2D eigenvalue weighted by Crippen LogP contribution is 2.28. The van der Waals surface area contributed by atoms with E-state index >= 15 is 0 Å². The number of halogens is 1. The van der Waals surface area contributed by atoms with Crippen LogP contribution in [0.3, 0.4) is 0 Å². The van der Waals surface area contributed by atoms with Crippen molar-refractivity contribution in [2.24, 2.45) is 5.92 Å². The van der Waals surface area contributed by atoms with Crippen molar-refractivity contribution in [3.8, 4) is 5.75 Å². The highest BCUT2D eigenvalue weighted by atomic mass is 35.5. The van der Waals surface area contributed by atoms with Crippen molar-refractivity contribution >= 4 is 17.4 Å².